The van der Waals surface area contributed by atoms with E-state index in [-0.39, 0.29) is 6.04 Å². The van der Waals surface area contributed by atoms with E-state index < -0.39 is 0 Å². The molecule has 2 heterocycles. The molecule has 1 aromatic heterocycles. The Kier molecular flexibility index (Phi) is 4.52. The van der Waals surface area contributed by atoms with Crippen LogP contribution < -0.4 is 16.0 Å². The number of hydrogen-bond donors (Lipinski definition) is 3. The smallest absolute Gasteiger partial charge is 0.171 e. The Balaban J connectivity index is 1.92. The number of rotatable bonds is 3. The first-order chi connectivity index (χ1) is 10.6. The first kappa shape index (κ1) is 15.1. The van der Waals surface area contributed by atoms with E-state index in [0.717, 1.165) is 17.0 Å². The van der Waals surface area contributed by atoms with Gasteiger partial charge < -0.3 is 16.0 Å². The van der Waals surface area contributed by atoms with Crippen molar-refractivity contribution in [2.75, 3.05) is 5.32 Å². The predicted molar refractivity (Wildman–Crippen MR) is 101 cm³/mol. The first-order valence-corrected chi connectivity index (χ1v) is 8.53. The number of benzene rings is 1. The summed E-state index contributed by atoms with van der Waals surface area (Å²) in [5, 5.41) is 12.5. The van der Waals surface area contributed by atoms with Crippen LogP contribution in [0.15, 0.2) is 59.1 Å². The van der Waals surface area contributed by atoms with Crippen LogP contribution in [0.5, 0.6) is 0 Å². The second-order valence-corrected chi connectivity index (χ2v) is 6.70. The maximum Gasteiger partial charge on any atom is 0.171 e. The van der Waals surface area contributed by atoms with Crippen molar-refractivity contribution in [1.29, 1.82) is 0 Å². The molecule has 0 aliphatic carbocycles. The van der Waals surface area contributed by atoms with E-state index >= 15 is 0 Å². The minimum Gasteiger partial charge on any atom is -0.351 e. The standard InChI is InChI=1S/C16H15N3S3/c1-10-13(15(20)18-11-6-3-2-4-7-11)14(19-16(21)17-10)12-8-5-9-22-12/h2-9,14H,1H3,(H,18,20)(H2,17,19,21)/t14-/m1/s1. The van der Waals surface area contributed by atoms with Crippen LogP contribution in [0.1, 0.15) is 17.8 Å². The fraction of sp³-hybridized carbons (Fsp3) is 0.125. The Hall–Kier alpha value is -1.76. The molecule has 2 aromatic rings. The van der Waals surface area contributed by atoms with Crippen LogP contribution in [-0.2, 0) is 0 Å². The highest BCUT2D eigenvalue weighted by Crippen LogP contribution is 2.31. The third-order valence-corrected chi connectivity index (χ3v) is 4.85. The molecule has 1 aliphatic heterocycles. The summed E-state index contributed by atoms with van der Waals surface area (Å²) in [6.07, 6.45) is 0. The van der Waals surface area contributed by atoms with Gasteiger partial charge in [0.2, 0.25) is 0 Å². The van der Waals surface area contributed by atoms with E-state index in [4.69, 9.17) is 24.4 Å². The van der Waals surface area contributed by atoms with Gasteiger partial charge in [-0.1, -0.05) is 36.5 Å². The van der Waals surface area contributed by atoms with Crippen LogP contribution in [-0.4, -0.2) is 10.1 Å². The first-order valence-electron chi connectivity index (χ1n) is 6.83. The summed E-state index contributed by atoms with van der Waals surface area (Å²) < 4.78 is 0. The molecule has 22 heavy (non-hydrogen) atoms. The normalized spacial score (nSPS) is 17.7. The number of anilines is 1. The minimum absolute atomic E-state index is 0.0162. The van der Waals surface area contributed by atoms with Gasteiger partial charge in [0, 0.05) is 21.8 Å². The summed E-state index contributed by atoms with van der Waals surface area (Å²) in [5.41, 5.74) is 2.98. The number of allylic oxidation sites excluding steroid dienone is 1. The minimum atomic E-state index is -0.0162. The molecule has 112 valence electrons. The van der Waals surface area contributed by atoms with Gasteiger partial charge in [-0.2, -0.15) is 0 Å². The van der Waals surface area contributed by atoms with Crippen LogP contribution in [0.3, 0.4) is 0 Å². The molecule has 0 spiro atoms. The molecule has 1 aromatic carbocycles. The molecule has 3 nitrogen and oxygen atoms in total. The third-order valence-electron chi connectivity index (χ3n) is 3.37. The molecule has 0 fully saturated rings. The molecular weight excluding hydrogens is 330 g/mol. The quantitative estimate of drug-likeness (QED) is 0.734. The molecule has 1 aliphatic rings. The highest BCUT2D eigenvalue weighted by atomic mass is 32.1. The molecule has 0 bridgehead atoms. The Morgan fingerprint density at radius 1 is 1.18 bits per heavy atom. The van der Waals surface area contributed by atoms with Gasteiger partial charge in [0.1, 0.15) is 4.99 Å². The van der Waals surface area contributed by atoms with Crippen LogP contribution in [0.25, 0.3) is 0 Å². The molecule has 0 unspecified atom stereocenters. The predicted octanol–water partition coefficient (Wildman–Crippen LogP) is 3.98. The molecule has 6 heteroatoms. The summed E-state index contributed by atoms with van der Waals surface area (Å²) in [7, 11) is 0. The number of nitrogens with one attached hydrogen (secondary N) is 3. The van der Waals surface area contributed by atoms with Gasteiger partial charge in [-0.05, 0) is 42.7 Å². The lowest BCUT2D eigenvalue weighted by Crippen LogP contribution is -2.45. The van der Waals surface area contributed by atoms with Crippen LogP contribution in [0.2, 0.25) is 0 Å². The summed E-state index contributed by atoms with van der Waals surface area (Å²) in [6.45, 7) is 2.00. The SMILES string of the molecule is CC1=C(C(=S)Nc2ccccc2)[C@@H](c2cccs2)NC(=S)N1. The number of thiocarbonyl (C=S) groups is 2. The maximum absolute atomic E-state index is 5.64. The maximum atomic E-state index is 5.64. The van der Waals surface area contributed by atoms with E-state index in [2.05, 4.69) is 27.4 Å². The Labute approximate surface area is 144 Å². The van der Waals surface area contributed by atoms with Crippen molar-refractivity contribution in [3.05, 3.63) is 64.0 Å². The zero-order valence-electron chi connectivity index (χ0n) is 11.9. The van der Waals surface area contributed by atoms with Gasteiger partial charge in [0.05, 0.1) is 6.04 Å². The summed E-state index contributed by atoms with van der Waals surface area (Å²) in [6, 6.07) is 14.0. The number of hydrogen-bond acceptors (Lipinski definition) is 3. The van der Waals surface area contributed by atoms with Crippen LogP contribution >= 0.6 is 35.8 Å². The molecule has 1 atom stereocenters. The Bertz CT molecular complexity index is 720. The summed E-state index contributed by atoms with van der Waals surface area (Å²) in [4.78, 5) is 1.89. The van der Waals surface area contributed by atoms with E-state index in [1.807, 2.05) is 43.3 Å². The molecule has 0 amide bonds. The summed E-state index contributed by atoms with van der Waals surface area (Å²) >= 11 is 12.6. The Morgan fingerprint density at radius 2 is 1.95 bits per heavy atom. The molecule has 3 rings (SSSR count). The fourth-order valence-corrected chi connectivity index (χ4v) is 3.83. The molecule has 0 saturated carbocycles. The third kappa shape index (κ3) is 3.19. The largest absolute Gasteiger partial charge is 0.351 e. The van der Waals surface area contributed by atoms with Gasteiger partial charge in [-0.3, -0.25) is 0 Å². The lowest BCUT2D eigenvalue weighted by Gasteiger charge is -2.30. The molecular formula is C16H15N3S3. The zero-order chi connectivity index (χ0) is 15.5. The van der Waals surface area contributed by atoms with Gasteiger partial charge >= 0.3 is 0 Å². The van der Waals surface area contributed by atoms with Crippen molar-refractivity contribution in [3.63, 3.8) is 0 Å². The zero-order valence-corrected chi connectivity index (χ0v) is 14.4. The monoisotopic (exact) mass is 345 g/mol. The van der Waals surface area contributed by atoms with E-state index in [1.54, 1.807) is 11.3 Å². The van der Waals surface area contributed by atoms with E-state index in [0.29, 0.717) is 10.1 Å². The van der Waals surface area contributed by atoms with Crippen molar-refractivity contribution < 1.29 is 0 Å². The van der Waals surface area contributed by atoms with E-state index in [1.165, 1.54) is 4.88 Å². The highest BCUT2D eigenvalue weighted by molar-refractivity contribution is 7.81. The van der Waals surface area contributed by atoms with Crippen molar-refractivity contribution in [1.82, 2.24) is 10.6 Å². The lowest BCUT2D eigenvalue weighted by molar-refractivity contribution is 0.729. The second kappa shape index (κ2) is 6.56. The van der Waals surface area contributed by atoms with Gasteiger partial charge in [-0.15, -0.1) is 11.3 Å². The highest BCUT2D eigenvalue weighted by Gasteiger charge is 2.28. The van der Waals surface area contributed by atoms with Crippen molar-refractivity contribution >= 4 is 51.6 Å². The average Bonchev–Trinajstić information content (AvgIpc) is 3.01. The molecule has 0 saturated heterocycles. The van der Waals surface area contributed by atoms with Crippen LogP contribution in [0.4, 0.5) is 5.69 Å². The number of thiophene rings is 1. The Morgan fingerprint density at radius 3 is 2.64 bits per heavy atom. The van der Waals surface area contributed by atoms with Crippen molar-refractivity contribution in [2.24, 2.45) is 0 Å². The van der Waals surface area contributed by atoms with Crippen molar-refractivity contribution in [3.8, 4) is 0 Å². The van der Waals surface area contributed by atoms with Crippen LogP contribution in [0, 0.1) is 0 Å². The van der Waals surface area contributed by atoms with E-state index in [9.17, 15) is 0 Å². The topological polar surface area (TPSA) is 36.1 Å². The lowest BCUT2D eigenvalue weighted by atomic mass is 10.0. The molecule has 0 radical (unpaired) electrons. The second-order valence-electron chi connectivity index (χ2n) is 4.91. The van der Waals surface area contributed by atoms with Gasteiger partial charge in [0.25, 0.3) is 0 Å². The number of para-hydroxylation sites is 1. The average molecular weight is 346 g/mol. The van der Waals surface area contributed by atoms with Crippen molar-refractivity contribution in [2.45, 2.75) is 13.0 Å². The molecule has 3 N–H and O–H groups in total. The summed E-state index contributed by atoms with van der Waals surface area (Å²) in [5.74, 6) is 0. The fourth-order valence-electron chi connectivity index (χ4n) is 2.38. The van der Waals surface area contributed by atoms with Gasteiger partial charge in [-0.25, -0.2) is 0 Å². The van der Waals surface area contributed by atoms with Gasteiger partial charge in [0.15, 0.2) is 5.11 Å².